The molecule has 0 N–H and O–H groups in total. The van der Waals surface area contributed by atoms with E-state index < -0.39 is 0 Å². The van der Waals surface area contributed by atoms with Crippen LogP contribution in [0.15, 0.2) is 97.2 Å². The first kappa shape index (κ1) is 16.9. The van der Waals surface area contributed by atoms with Gasteiger partial charge in [0.2, 0.25) is 5.69 Å². The highest BCUT2D eigenvalue weighted by molar-refractivity contribution is 5.84. The zero-order chi connectivity index (χ0) is 18.9. The molecule has 1 unspecified atom stereocenters. The van der Waals surface area contributed by atoms with E-state index in [1.165, 1.54) is 39.1 Å². The molecule has 0 saturated carbocycles. The maximum atomic E-state index is 2.43. The van der Waals surface area contributed by atoms with E-state index in [4.69, 9.17) is 0 Å². The lowest BCUT2D eigenvalue weighted by molar-refractivity contribution is -0.691. The van der Waals surface area contributed by atoms with Gasteiger partial charge in [0.1, 0.15) is 0 Å². The van der Waals surface area contributed by atoms with E-state index in [1.54, 1.807) is 0 Å². The lowest BCUT2D eigenvalue weighted by Crippen LogP contribution is -2.41. The van der Waals surface area contributed by atoms with Gasteiger partial charge in [-0.2, -0.15) is 4.57 Å². The van der Waals surface area contributed by atoms with Gasteiger partial charge in [0, 0.05) is 23.6 Å². The molecule has 5 rings (SSSR count). The number of benzene rings is 3. The third-order valence-corrected chi connectivity index (χ3v) is 5.94. The number of pyridine rings is 1. The van der Waals surface area contributed by atoms with Crippen molar-refractivity contribution >= 4 is 0 Å². The monoisotopic (exact) mass is 362 g/mol. The highest BCUT2D eigenvalue weighted by atomic mass is 15.0. The summed E-state index contributed by atoms with van der Waals surface area (Å²) >= 11 is 0. The summed E-state index contributed by atoms with van der Waals surface area (Å²) in [6, 6.07) is 33.0. The van der Waals surface area contributed by atoms with Gasteiger partial charge in [0.05, 0.1) is 0 Å². The van der Waals surface area contributed by atoms with Crippen molar-refractivity contribution in [2.45, 2.75) is 25.8 Å². The summed E-state index contributed by atoms with van der Waals surface area (Å²) < 4.78 is 2.40. The summed E-state index contributed by atoms with van der Waals surface area (Å²) in [5.74, 6) is 0.554. The SMILES string of the molecule is CCC1C[n+]2ccccc2-c2ccc(-c3ccccc3-c3ccccc3)cc21. The average Bonchev–Trinajstić information content (AvgIpc) is 2.78. The molecule has 0 saturated heterocycles. The van der Waals surface area contributed by atoms with Crippen molar-refractivity contribution in [3.8, 4) is 33.5 Å². The fourth-order valence-corrected chi connectivity index (χ4v) is 4.47. The molecular weight excluding hydrogens is 338 g/mol. The zero-order valence-corrected chi connectivity index (χ0v) is 16.2. The molecule has 136 valence electrons. The maximum absolute atomic E-state index is 2.43. The molecule has 0 bridgehead atoms. The molecule has 1 aliphatic rings. The Bertz CT molecular complexity index is 1130. The number of hydrogen-bond donors (Lipinski definition) is 0. The Balaban J connectivity index is 1.67. The van der Waals surface area contributed by atoms with Gasteiger partial charge >= 0.3 is 0 Å². The van der Waals surface area contributed by atoms with Crippen LogP contribution in [0.3, 0.4) is 0 Å². The molecule has 2 heterocycles. The molecule has 0 radical (unpaired) electrons. The Morgan fingerprint density at radius 2 is 1.43 bits per heavy atom. The molecule has 28 heavy (non-hydrogen) atoms. The quantitative estimate of drug-likeness (QED) is 0.367. The predicted octanol–water partition coefficient (Wildman–Crippen LogP) is 6.48. The van der Waals surface area contributed by atoms with Crippen molar-refractivity contribution in [1.82, 2.24) is 0 Å². The van der Waals surface area contributed by atoms with Gasteiger partial charge in [-0.1, -0.05) is 67.6 Å². The normalized spacial score (nSPS) is 15.0. The fraction of sp³-hybridized carbons (Fsp3) is 0.148. The molecule has 0 fully saturated rings. The van der Waals surface area contributed by atoms with Crippen LogP contribution in [0.5, 0.6) is 0 Å². The molecule has 0 aliphatic carbocycles. The number of hydrogen-bond acceptors (Lipinski definition) is 0. The van der Waals surface area contributed by atoms with E-state index in [0.29, 0.717) is 5.92 Å². The molecule has 1 aliphatic heterocycles. The zero-order valence-electron chi connectivity index (χ0n) is 16.2. The molecule has 1 nitrogen and oxygen atoms in total. The molecule has 0 spiro atoms. The van der Waals surface area contributed by atoms with Crippen LogP contribution in [-0.2, 0) is 6.54 Å². The van der Waals surface area contributed by atoms with Crippen LogP contribution < -0.4 is 4.57 Å². The van der Waals surface area contributed by atoms with E-state index in [-0.39, 0.29) is 0 Å². The van der Waals surface area contributed by atoms with Gasteiger partial charge in [0.15, 0.2) is 12.7 Å². The van der Waals surface area contributed by atoms with Crippen molar-refractivity contribution in [2.24, 2.45) is 0 Å². The van der Waals surface area contributed by atoms with E-state index in [0.717, 1.165) is 13.0 Å². The summed E-state index contributed by atoms with van der Waals surface area (Å²) in [6.07, 6.45) is 3.36. The molecule has 1 heteroatoms. The Labute approximate surface area is 166 Å². The van der Waals surface area contributed by atoms with Gasteiger partial charge in [-0.15, -0.1) is 0 Å². The second-order valence-electron chi connectivity index (χ2n) is 7.56. The summed E-state index contributed by atoms with van der Waals surface area (Å²) in [6.45, 7) is 3.36. The summed E-state index contributed by atoms with van der Waals surface area (Å²) in [7, 11) is 0. The number of fused-ring (bicyclic) bond motifs is 3. The average molecular weight is 362 g/mol. The minimum Gasteiger partial charge on any atom is -0.198 e. The molecule has 0 amide bonds. The first-order valence-corrected chi connectivity index (χ1v) is 10.1. The van der Waals surface area contributed by atoms with Crippen molar-refractivity contribution in [3.05, 3.63) is 103 Å². The number of aromatic nitrogens is 1. The summed E-state index contributed by atoms with van der Waals surface area (Å²) in [5.41, 5.74) is 9.35. The maximum Gasteiger partial charge on any atom is 0.212 e. The van der Waals surface area contributed by atoms with Crippen LogP contribution in [0.25, 0.3) is 33.5 Å². The first-order valence-electron chi connectivity index (χ1n) is 10.1. The Morgan fingerprint density at radius 3 is 2.21 bits per heavy atom. The van der Waals surface area contributed by atoms with Gasteiger partial charge in [-0.25, -0.2) is 0 Å². The second-order valence-corrected chi connectivity index (χ2v) is 7.56. The summed E-state index contributed by atoms with van der Waals surface area (Å²) in [5, 5.41) is 0. The Hall–Kier alpha value is -3.19. The van der Waals surface area contributed by atoms with Gasteiger partial charge in [0.25, 0.3) is 0 Å². The second kappa shape index (κ2) is 7.09. The standard InChI is InChI=1S/C27H24N/c1-2-20-19-28-17-9-8-14-27(28)25-16-15-22(18-26(20)25)24-13-7-6-12-23(24)21-10-4-3-5-11-21/h3-18,20H,2,19H2,1H3/q+1. The minimum absolute atomic E-state index is 0.554. The molecular formula is C27H24N+. The minimum atomic E-state index is 0.554. The largest absolute Gasteiger partial charge is 0.212 e. The van der Waals surface area contributed by atoms with Crippen molar-refractivity contribution in [3.63, 3.8) is 0 Å². The van der Waals surface area contributed by atoms with Crippen LogP contribution in [0.4, 0.5) is 0 Å². The molecule has 1 atom stereocenters. The van der Waals surface area contributed by atoms with Crippen LogP contribution in [0.2, 0.25) is 0 Å². The highest BCUT2D eigenvalue weighted by Gasteiger charge is 2.29. The Morgan fingerprint density at radius 1 is 0.714 bits per heavy atom. The van der Waals surface area contributed by atoms with Crippen LogP contribution in [-0.4, -0.2) is 0 Å². The van der Waals surface area contributed by atoms with Crippen molar-refractivity contribution in [2.75, 3.05) is 0 Å². The summed E-state index contributed by atoms with van der Waals surface area (Å²) in [4.78, 5) is 0. The lowest BCUT2D eigenvalue weighted by Gasteiger charge is -2.23. The van der Waals surface area contributed by atoms with Crippen LogP contribution in [0.1, 0.15) is 24.8 Å². The third-order valence-electron chi connectivity index (χ3n) is 5.94. The predicted molar refractivity (Wildman–Crippen MR) is 116 cm³/mol. The fourth-order valence-electron chi connectivity index (χ4n) is 4.47. The van der Waals surface area contributed by atoms with Crippen LogP contribution >= 0.6 is 0 Å². The molecule has 1 aromatic heterocycles. The topological polar surface area (TPSA) is 3.88 Å². The third kappa shape index (κ3) is 2.84. The van der Waals surface area contributed by atoms with E-state index in [9.17, 15) is 0 Å². The number of nitrogens with zero attached hydrogens (tertiary/aromatic N) is 1. The van der Waals surface area contributed by atoms with Crippen molar-refractivity contribution in [1.29, 1.82) is 0 Å². The van der Waals surface area contributed by atoms with Gasteiger partial charge < -0.3 is 0 Å². The van der Waals surface area contributed by atoms with E-state index in [1.807, 2.05) is 0 Å². The Kier molecular flexibility index (Phi) is 4.29. The van der Waals surface area contributed by atoms with E-state index in [2.05, 4.69) is 109 Å². The molecule has 3 aromatic carbocycles. The van der Waals surface area contributed by atoms with Gasteiger partial charge in [-0.3, -0.25) is 0 Å². The van der Waals surface area contributed by atoms with Gasteiger partial charge in [-0.05, 0) is 52.4 Å². The van der Waals surface area contributed by atoms with E-state index >= 15 is 0 Å². The first-order chi connectivity index (χ1) is 13.8. The molecule has 4 aromatic rings. The lowest BCUT2D eigenvalue weighted by atomic mass is 9.84. The van der Waals surface area contributed by atoms with Crippen molar-refractivity contribution < 1.29 is 4.57 Å². The highest BCUT2D eigenvalue weighted by Crippen LogP contribution is 2.39. The number of rotatable bonds is 3. The van der Waals surface area contributed by atoms with Crippen LogP contribution in [0, 0.1) is 0 Å². The smallest absolute Gasteiger partial charge is 0.198 e.